The summed E-state index contributed by atoms with van der Waals surface area (Å²) in [5.41, 5.74) is -0.984. The monoisotopic (exact) mass is 296 g/mol. The Hall–Kier alpha value is -1.66. The standard InChI is InChI=1S/C13H13F5O2/c1-2-3-4-5-20-10-7-8(6-9(14)11(10)15)12(19)13(16,17)18/h6-7H,2-5H2,1H3. The lowest BCUT2D eigenvalue weighted by molar-refractivity contribution is -0.0885. The first-order valence-corrected chi connectivity index (χ1v) is 6.00. The molecule has 2 nitrogen and oxygen atoms in total. The SMILES string of the molecule is CCCCCOc1cc(C(=O)C(F)(F)F)cc(F)c1F. The Morgan fingerprint density at radius 2 is 1.85 bits per heavy atom. The molecule has 0 amide bonds. The lowest BCUT2D eigenvalue weighted by atomic mass is 10.1. The van der Waals surface area contributed by atoms with Gasteiger partial charge in [-0.3, -0.25) is 4.79 Å². The summed E-state index contributed by atoms with van der Waals surface area (Å²) in [5, 5.41) is 0. The fourth-order valence-corrected chi connectivity index (χ4v) is 1.50. The summed E-state index contributed by atoms with van der Waals surface area (Å²) in [6.07, 6.45) is -2.95. The first-order chi connectivity index (χ1) is 9.27. The van der Waals surface area contributed by atoms with Crippen molar-refractivity contribution in [3.8, 4) is 5.75 Å². The number of Topliss-reactive ketones (excluding diaryl/α,β-unsaturated/α-hetero) is 1. The molecule has 0 N–H and O–H groups in total. The molecule has 0 saturated heterocycles. The minimum absolute atomic E-state index is 0.0356. The maximum Gasteiger partial charge on any atom is 0.454 e. The van der Waals surface area contributed by atoms with E-state index in [2.05, 4.69) is 0 Å². The minimum Gasteiger partial charge on any atom is -0.490 e. The smallest absolute Gasteiger partial charge is 0.454 e. The third-order valence-corrected chi connectivity index (χ3v) is 2.52. The zero-order chi connectivity index (χ0) is 15.3. The van der Waals surface area contributed by atoms with Crippen LogP contribution < -0.4 is 4.74 Å². The van der Waals surface area contributed by atoms with Crippen molar-refractivity contribution in [3.05, 3.63) is 29.3 Å². The van der Waals surface area contributed by atoms with Crippen molar-refractivity contribution in [3.63, 3.8) is 0 Å². The lowest BCUT2D eigenvalue weighted by Crippen LogP contribution is -2.23. The Bertz CT molecular complexity index is 482. The lowest BCUT2D eigenvalue weighted by Gasteiger charge is -2.10. The Kier molecular flexibility index (Phi) is 5.47. The van der Waals surface area contributed by atoms with Gasteiger partial charge in [0.05, 0.1) is 6.61 Å². The predicted octanol–water partition coefficient (Wildman–Crippen LogP) is 4.28. The fraction of sp³-hybridized carbons (Fsp3) is 0.462. The van der Waals surface area contributed by atoms with E-state index in [9.17, 15) is 26.7 Å². The van der Waals surface area contributed by atoms with Crippen LogP contribution in [0.5, 0.6) is 5.75 Å². The fourth-order valence-electron chi connectivity index (χ4n) is 1.50. The van der Waals surface area contributed by atoms with Gasteiger partial charge in [-0.1, -0.05) is 19.8 Å². The molecule has 7 heteroatoms. The van der Waals surface area contributed by atoms with Crippen LogP contribution in [0.1, 0.15) is 36.5 Å². The average Bonchev–Trinajstić information content (AvgIpc) is 2.37. The average molecular weight is 296 g/mol. The third kappa shape index (κ3) is 4.18. The van der Waals surface area contributed by atoms with Crippen molar-refractivity contribution in [2.45, 2.75) is 32.4 Å². The number of carbonyl (C=O) groups is 1. The summed E-state index contributed by atoms with van der Waals surface area (Å²) in [5.74, 6) is -5.88. The molecular weight excluding hydrogens is 283 g/mol. The predicted molar refractivity (Wildman–Crippen MR) is 61.8 cm³/mol. The van der Waals surface area contributed by atoms with Crippen molar-refractivity contribution in [1.82, 2.24) is 0 Å². The second-order valence-electron chi connectivity index (χ2n) is 4.15. The molecule has 0 aliphatic heterocycles. The van der Waals surface area contributed by atoms with Crippen LogP contribution in [0.25, 0.3) is 0 Å². The number of benzene rings is 1. The summed E-state index contributed by atoms with van der Waals surface area (Å²) >= 11 is 0. The Morgan fingerprint density at radius 1 is 1.20 bits per heavy atom. The molecule has 0 unspecified atom stereocenters. The molecule has 0 aliphatic rings. The van der Waals surface area contributed by atoms with Crippen LogP contribution in [0, 0.1) is 11.6 Å². The van der Waals surface area contributed by atoms with Gasteiger partial charge >= 0.3 is 6.18 Å². The molecule has 1 aromatic rings. The Labute approximate surface area is 112 Å². The molecule has 0 aliphatic carbocycles. The zero-order valence-corrected chi connectivity index (χ0v) is 10.7. The number of rotatable bonds is 6. The number of halogens is 5. The van der Waals surface area contributed by atoms with Gasteiger partial charge in [0.2, 0.25) is 5.82 Å². The summed E-state index contributed by atoms with van der Waals surface area (Å²) in [6.45, 7) is 1.96. The maximum absolute atomic E-state index is 13.4. The number of ether oxygens (including phenoxy) is 1. The van der Waals surface area contributed by atoms with Crippen LogP contribution in [0.4, 0.5) is 22.0 Å². The number of ketones is 1. The maximum atomic E-state index is 13.4. The summed E-state index contributed by atoms with van der Waals surface area (Å²) in [4.78, 5) is 11.0. The van der Waals surface area contributed by atoms with E-state index in [1.54, 1.807) is 0 Å². The molecule has 112 valence electrons. The van der Waals surface area contributed by atoms with Gasteiger partial charge < -0.3 is 4.74 Å². The zero-order valence-electron chi connectivity index (χ0n) is 10.7. The molecule has 1 rings (SSSR count). The van der Waals surface area contributed by atoms with Gasteiger partial charge in [0.25, 0.3) is 5.78 Å². The molecule has 0 spiro atoms. The van der Waals surface area contributed by atoms with Gasteiger partial charge in [-0.25, -0.2) is 4.39 Å². The van der Waals surface area contributed by atoms with Crippen LogP contribution in [0.3, 0.4) is 0 Å². The molecule has 0 aromatic heterocycles. The van der Waals surface area contributed by atoms with Crippen LogP contribution in [0.2, 0.25) is 0 Å². The molecular formula is C13H13F5O2. The van der Waals surface area contributed by atoms with Crippen molar-refractivity contribution in [2.24, 2.45) is 0 Å². The van der Waals surface area contributed by atoms with E-state index >= 15 is 0 Å². The third-order valence-electron chi connectivity index (χ3n) is 2.52. The minimum atomic E-state index is -5.15. The van der Waals surface area contributed by atoms with E-state index in [0.717, 1.165) is 12.8 Å². The highest BCUT2D eigenvalue weighted by atomic mass is 19.4. The second kappa shape index (κ2) is 6.67. The highest BCUT2D eigenvalue weighted by molar-refractivity contribution is 6.00. The molecule has 0 saturated carbocycles. The summed E-state index contributed by atoms with van der Waals surface area (Å²) < 4.78 is 68.2. The molecule has 20 heavy (non-hydrogen) atoms. The van der Waals surface area contributed by atoms with Crippen molar-refractivity contribution < 1.29 is 31.5 Å². The quantitative estimate of drug-likeness (QED) is 0.445. The van der Waals surface area contributed by atoms with Crippen LogP contribution in [-0.4, -0.2) is 18.6 Å². The van der Waals surface area contributed by atoms with E-state index in [1.165, 1.54) is 0 Å². The molecule has 0 radical (unpaired) electrons. The van der Waals surface area contributed by atoms with Gasteiger partial charge in [0.1, 0.15) is 0 Å². The molecule has 0 heterocycles. The van der Waals surface area contributed by atoms with E-state index in [0.29, 0.717) is 12.5 Å². The number of hydrogen-bond donors (Lipinski definition) is 0. The van der Waals surface area contributed by atoms with Gasteiger partial charge in [-0.15, -0.1) is 0 Å². The van der Waals surface area contributed by atoms with Crippen LogP contribution in [-0.2, 0) is 0 Å². The highest BCUT2D eigenvalue weighted by Gasteiger charge is 2.40. The van der Waals surface area contributed by atoms with Crippen LogP contribution in [0.15, 0.2) is 12.1 Å². The van der Waals surface area contributed by atoms with Crippen molar-refractivity contribution >= 4 is 5.78 Å². The van der Waals surface area contributed by atoms with Gasteiger partial charge in [-0.05, 0) is 18.6 Å². The van der Waals surface area contributed by atoms with Crippen molar-refractivity contribution in [2.75, 3.05) is 6.61 Å². The van der Waals surface area contributed by atoms with E-state index in [4.69, 9.17) is 4.74 Å². The van der Waals surface area contributed by atoms with Gasteiger partial charge in [0.15, 0.2) is 11.6 Å². The molecule has 0 atom stereocenters. The normalized spacial score (nSPS) is 11.5. The number of carbonyl (C=O) groups excluding carboxylic acids is 1. The number of hydrogen-bond acceptors (Lipinski definition) is 2. The summed E-state index contributed by atoms with van der Waals surface area (Å²) in [6, 6.07) is 0.782. The van der Waals surface area contributed by atoms with E-state index < -0.39 is 34.9 Å². The van der Waals surface area contributed by atoms with E-state index in [1.807, 2.05) is 6.92 Å². The first-order valence-electron chi connectivity index (χ1n) is 6.00. The number of unbranched alkanes of at least 4 members (excludes halogenated alkanes) is 2. The van der Waals surface area contributed by atoms with E-state index in [-0.39, 0.29) is 12.7 Å². The topological polar surface area (TPSA) is 26.3 Å². The Morgan fingerprint density at radius 3 is 2.40 bits per heavy atom. The van der Waals surface area contributed by atoms with Gasteiger partial charge in [-0.2, -0.15) is 17.6 Å². The highest BCUT2D eigenvalue weighted by Crippen LogP contribution is 2.27. The summed E-state index contributed by atoms with van der Waals surface area (Å²) in [7, 11) is 0. The first kappa shape index (κ1) is 16.4. The largest absolute Gasteiger partial charge is 0.490 e. The number of alkyl halides is 3. The van der Waals surface area contributed by atoms with Crippen LogP contribution >= 0.6 is 0 Å². The van der Waals surface area contributed by atoms with Crippen molar-refractivity contribution in [1.29, 1.82) is 0 Å². The molecule has 1 aromatic carbocycles. The second-order valence-corrected chi connectivity index (χ2v) is 4.15. The van der Waals surface area contributed by atoms with Gasteiger partial charge in [0, 0.05) is 5.56 Å². The Balaban J connectivity index is 2.95. The molecule has 0 bridgehead atoms. The molecule has 0 fully saturated rings.